The summed E-state index contributed by atoms with van der Waals surface area (Å²) in [5.74, 6) is 1.61. The minimum atomic E-state index is -0.0919. The predicted octanol–water partition coefficient (Wildman–Crippen LogP) is 3.13. The molecule has 0 bridgehead atoms. The van der Waals surface area contributed by atoms with E-state index < -0.39 is 0 Å². The summed E-state index contributed by atoms with van der Waals surface area (Å²) >= 11 is 1.72. The van der Waals surface area contributed by atoms with E-state index in [0.717, 1.165) is 23.5 Å². The molecular formula is C15H17NO2S. The lowest BCUT2D eigenvalue weighted by atomic mass is 10.0. The van der Waals surface area contributed by atoms with Gasteiger partial charge in [0.25, 0.3) is 0 Å². The number of ether oxygens (including phenoxy) is 2. The van der Waals surface area contributed by atoms with Gasteiger partial charge in [-0.2, -0.15) is 0 Å². The average Bonchev–Trinajstić information content (AvgIpc) is 2.94. The molecular weight excluding hydrogens is 258 g/mol. The maximum Gasteiger partial charge on any atom is 0.161 e. The minimum absolute atomic E-state index is 0.0919. The molecule has 3 nitrogen and oxygen atoms in total. The van der Waals surface area contributed by atoms with Crippen LogP contribution in [0.15, 0.2) is 29.6 Å². The van der Waals surface area contributed by atoms with Crippen molar-refractivity contribution in [3.8, 4) is 11.5 Å². The maximum atomic E-state index is 6.38. The van der Waals surface area contributed by atoms with E-state index in [1.54, 1.807) is 11.3 Å². The first kappa shape index (κ1) is 12.5. The zero-order valence-electron chi connectivity index (χ0n) is 10.9. The van der Waals surface area contributed by atoms with Gasteiger partial charge < -0.3 is 15.2 Å². The van der Waals surface area contributed by atoms with Gasteiger partial charge in [-0.25, -0.2) is 0 Å². The van der Waals surface area contributed by atoms with Crippen LogP contribution in [0.4, 0.5) is 0 Å². The molecule has 0 amide bonds. The van der Waals surface area contributed by atoms with E-state index in [2.05, 4.69) is 18.4 Å². The van der Waals surface area contributed by atoms with Gasteiger partial charge in [-0.3, -0.25) is 0 Å². The summed E-state index contributed by atoms with van der Waals surface area (Å²) in [5.41, 5.74) is 8.78. The molecule has 0 saturated carbocycles. The van der Waals surface area contributed by atoms with E-state index in [1.165, 1.54) is 10.4 Å². The highest BCUT2D eigenvalue weighted by Crippen LogP contribution is 2.35. The van der Waals surface area contributed by atoms with Crippen LogP contribution < -0.4 is 15.2 Å². The van der Waals surface area contributed by atoms with E-state index >= 15 is 0 Å². The lowest BCUT2D eigenvalue weighted by Crippen LogP contribution is -2.17. The van der Waals surface area contributed by atoms with Crippen molar-refractivity contribution < 1.29 is 9.47 Å². The topological polar surface area (TPSA) is 44.5 Å². The molecule has 2 N–H and O–H groups in total. The normalized spacial score (nSPS) is 15.3. The molecule has 0 saturated heterocycles. The van der Waals surface area contributed by atoms with E-state index in [4.69, 9.17) is 15.2 Å². The molecule has 100 valence electrons. The third-order valence-corrected chi connectivity index (χ3v) is 4.41. The summed E-state index contributed by atoms with van der Waals surface area (Å²) in [6.07, 6.45) is 1.01. The summed E-state index contributed by atoms with van der Waals surface area (Å²) in [6, 6.07) is 8.03. The predicted molar refractivity (Wildman–Crippen MR) is 77.2 cm³/mol. The zero-order chi connectivity index (χ0) is 13.2. The molecule has 1 aliphatic heterocycles. The van der Waals surface area contributed by atoms with Gasteiger partial charge in [0.1, 0.15) is 13.2 Å². The number of nitrogens with two attached hydrogens (primary N) is 1. The minimum Gasteiger partial charge on any atom is -0.486 e. The van der Waals surface area contributed by atoms with Crippen molar-refractivity contribution in [1.29, 1.82) is 0 Å². The highest BCUT2D eigenvalue weighted by molar-refractivity contribution is 7.10. The number of fused-ring (bicyclic) bond motifs is 1. The Kier molecular flexibility index (Phi) is 3.44. The van der Waals surface area contributed by atoms with Crippen LogP contribution in [0.3, 0.4) is 0 Å². The second-order valence-corrected chi connectivity index (χ2v) is 5.49. The highest BCUT2D eigenvalue weighted by Gasteiger charge is 2.18. The molecule has 0 fully saturated rings. The molecule has 2 aromatic rings. The Balaban J connectivity index is 1.93. The van der Waals surface area contributed by atoms with Crippen LogP contribution in [0, 0.1) is 0 Å². The number of hydrogen-bond donors (Lipinski definition) is 1. The van der Waals surface area contributed by atoms with Crippen LogP contribution in [0.2, 0.25) is 0 Å². The van der Waals surface area contributed by atoms with Crippen LogP contribution in [-0.2, 0) is 6.42 Å². The fourth-order valence-electron chi connectivity index (χ4n) is 2.32. The fourth-order valence-corrected chi connectivity index (χ4v) is 3.34. The van der Waals surface area contributed by atoms with Crippen molar-refractivity contribution in [2.45, 2.75) is 19.4 Å². The molecule has 4 heteroatoms. The largest absolute Gasteiger partial charge is 0.486 e. The van der Waals surface area contributed by atoms with Gasteiger partial charge in [-0.05, 0) is 41.1 Å². The standard InChI is InChI=1S/C15H17NO2S/c1-2-10-5-8-19-15(10)14(16)11-3-4-12-13(9-11)18-7-6-17-12/h3-5,8-9,14H,2,6-7,16H2,1H3. The Hall–Kier alpha value is -1.52. The summed E-state index contributed by atoms with van der Waals surface area (Å²) in [6.45, 7) is 3.37. The van der Waals surface area contributed by atoms with Crippen LogP contribution in [0.5, 0.6) is 11.5 Å². The Bertz CT molecular complexity index is 579. The Morgan fingerprint density at radius 3 is 2.79 bits per heavy atom. The monoisotopic (exact) mass is 275 g/mol. The summed E-state index contributed by atoms with van der Waals surface area (Å²) in [7, 11) is 0. The first-order chi connectivity index (χ1) is 9.29. The molecule has 3 rings (SSSR count). The van der Waals surface area contributed by atoms with Crippen LogP contribution >= 0.6 is 11.3 Å². The first-order valence-corrected chi connectivity index (χ1v) is 7.39. The molecule has 1 atom stereocenters. The van der Waals surface area contributed by atoms with E-state index in [1.807, 2.05) is 18.2 Å². The number of rotatable bonds is 3. The second kappa shape index (κ2) is 5.23. The second-order valence-electron chi connectivity index (χ2n) is 4.54. The SMILES string of the molecule is CCc1ccsc1C(N)c1ccc2c(c1)OCCO2. The van der Waals surface area contributed by atoms with Crippen molar-refractivity contribution in [1.82, 2.24) is 0 Å². The molecule has 2 heterocycles. The van der Waals surface area contributed by atoms with Crippen molar-refractivity contribution >= 4 is 11.3 Å². The average molecular weight is 275 g/mol. The van der Waals surface area contributed by atoms with Crippen molar-refractivity contribution in [2.75, 3.05) is 13.2 Å². The van der Waals surface area contributed by atoms with E-state index in [-0.39, 0.29) is 6.04 Å². The third kappa shape index (κ3) is 2.33. The highest BCUT2D eigenvalue weighted by atomic mass is 32.1. The van der Waals surface area contributed by atoms with Gasteiger partial charge >= 0.3 is 0 Å². The Morgan fingerprint density at radius 1 is 1.21 bits per heavy atom. The zero-order valence-corrected chi connectivity index (χ0v) is 11.7. The van der Waals surface area contributed by atoms with Gasteiger partial charge in [0.15, 0.2) is 11.5 Å². The lowest BCUT2D eigenvalue weighted by Gasteiger charge is -2.20. The number of aryl methyl sites for hydroxylation is 1. The quantitative estimate of drug-likeness (QED) is 0.936. The maximum absolute atomic E-state index is 6.38. The number of thiophene rings is 1. The van der Waals surface area contributed by atoms with Crippen molar-refractivity contribution in [2.24, 2.45) is 5.73 Å². The summed E-state index contributed by atoms with van der Waals surface area (Å²) in [5, 5.41) is 2.10. The van der Waals surface area contributed by atoms with Gasteiger partial charge in [-0.1, -0.05) is 13.0 Å². The Morgan fingerprint density at radius 2 is 2.00 bits per heavy atom. The Labute approximate surface area is 117 Å². The van der Waals surface area contributed by atoms with Crippen molar-refractivity contribution in [3.63, 3.8) is 0 Å². The lowest BCUT2D eigenvalue weighted by molar-refractivity contribution is 0.171. The molecule has 0 radical (unpaired) electrons. The third-order valence-electron chi connectivity index (χ3n) is 3.37. The molecule has 19 heavy (non-hydrogen) atoms. The summed E-state index contributed by atoms with van der Waals surface area (Å²) < 4.78 is 11.1. The van der Waals surface area contributed by atoms with Gasteiger partial charge in [-0.15, -0.1) is 11.3 Å². The molecule has 1 aromatic heterocycles. The molecule has 0 spiro atoms. The van der Waals surface area contributed by atoms with E-state index in [0.29, 0.717) is 13.2 Å². The summed E-state index contributed by atoms with van der Waals surface area (Å²) in [4.78, 5) is 1.24. The van der Waals surface area contributed by atoms with Gasteiger partial charge in [0.05, 0.1) is 6.04 Å². The molecule has 1 aromatic carbocycles. The number of hydrogen-bond acceptors (Lipinski definition) is 4. The van der Waals surface area contributed by atoms with Crippen molar-refractivity contribution in [3.05, 3.63) is 45.6 Å². The molecule has 0 aliphatic carbocycles. The fraction of sp³-hybridized carbons (Fsp3) is 0.333. The molecule has 1 aliphatic rings. The smallest absolute Gasteiger partial charge is 0.161 e. The van der Waals surface area contributed by atoms with Crippen LogP contribution in [-0.4, -0.2) is 13.2 Å². The van der Waals surface area contributed by atoms with Crippen LogP contribution in [0.1, 0.15) is 29.0 Å². The first-order valence-electron chi connectivity index (χ1n) is 6.51. The van der Waals surface area contributed by atoms with E-state index in [9.17, 15) is 0 Å². The van der Waals surface area contributed by atoms with Crippen LogP contribution in [0.25, 0.3) is 0 Å². The van der Waals surface area contributed by atoms with Gasteiger partial charge in [0.2, 0.25) is 0 Å². The number of benzene rings is 1. The van der Waals surface area contributed by atoms with Gasteiger partial charge in [0, 0.05) is 4.88 Å². The molecule has 1 unspecified atom stereocenters.